The maximum absolute atomic E-state index is 12.4. The van der Waals surface area contributed by atoms with Gasteiger partial charge in [0.15, 0.2) is 0 Å². The first kappa shape index (κ1) is 11.2. The zero-order valence-corrected chi connectivity index (χ0v) is 8.42. The van der Waals surface area contributed by atoms with E-state index < -0.39 is 11.9 Å². The predicted octanol–water partition coefficient (Wildman–Crippen LogP) is 2.47. The quantitative estimate of drug-likeness (QED) is 0.774. The van der Waals surface area contributed by atoms with Gasteiger partial charge in [-0.15, -0.1) is 6.42 Å². The molecule has 0 atom stereocenters. The number of nitrogens with one attached hydrogen (secondary N) is 1. The van der Waals surface area contributed by atoms with E-state index in [1.807, 2.05) is 5.10 Å². The Balaban J connectivity index is 2.49. The summed E-state index contributed by atoms with van der Waals surface area (Å²) in [6, 6.07) is 4.07. The molecule has 0 spiro atoms. The average Bonchev–Trinajstić information content (AvgIpc) is 2.77. The molecule has 0 aliphatic carbocycles. The molecule has 0 unspecified atom stereocenters. The van der Waals surface area contributed by atoms with Crippen LogP contribution in [0.3, 0.4) is 0 Å². The first-order valence-corrected chi connectivity index (χ1v) is 4.57. The molecule has 3 nitrogen and oxygen atoms in total. The number of terminal acetylenes is 1. The summed E-state index contributed by atoms with van der Waals surface area (Å²) in [5.41, 5.74) is -0.207. The van der Waals surface area contributed by atoms with Gasteiger partial charge in [-0.2, -0.15) is 18.3 Å². The number of alkyl halides is 3. The van der Waals surface area contributed by atoms with Gasteiger partial charge in [-0.1, -0.05) is 5.92 Å². The lowest BCUT2D eigenvalue weighted by Gasteiger charge is -2.00. The molecule has 17 heavy (non-hydrogen) atoms. The molecule has 0 amide bonds. The van der Waals surface area contributed by atoms with Crippen LogP contribution >= 0.6 is 0 Å². The third kappa shape index (κ3) is 2.13. The third-order valence-electron chi connectivity index (χ3n) is 2.09. The van der Waals surface area contributed by atoms with E-state index in [1.165, 1.54) is 6.20 Å². The molecule has 2 aromatic rings. The van der Waals surface area contributed by atoms with Crippen molar-refractivity contribution in [2.45, 2.75) is 6.18 Å². The highest BCUT2D eigenvalue weighted by atomic mass is 19.4. The lowest BCUT2D eigenvalue weighted by Crippen LogP contribution is -2.04. The molecule has 0 saturated heterocycles. The lowest BCUT2D eigenvalue weighted by atomic mass is 10.1. The fourth-order valence-electron chi connectivity index (χ4n) is 1.31. The minimum Gasteiger partial charge on any atom is -0.273 e. The maximum atomic E-state index is 12.4. The monoisotopic (exact) mass is 237 g/mol. The van der Waals surface area contributed by atoms with Crippen LogP contribution in [-0.2, 0) is 6.18 Å². The van der Waals surface area contributed by atoms with Gasteiger partial charge in [0.1, 0.15) is 17.1 Å². The van der Waals surface area contributed by atoms with Crippen molar-refractivity contribution in [1.29, 1.82) is 0 Å². The zero-order valence-electron chi connectivity index (χ0n) is 8.42. The van der Waals surface area contributed by atoms with Crippen molar-refractivity contribution in [3.8, 4) is 23.7 Å². The number of halogens is 3. The Morgan fingerprint density at radius 1 is 1.35 bits per heavy atom. The smallest absolute Gasteiger partial charge is 0.273 e. The fraction of sp³-hybridized carbons (Fsp3) is 0.0909. The van der Waals surface area contributed by atoms with E-state index in [0.717, 1.165) is 6.07 Å². The molecular weight excluding hydrogens is 231 g/mol. The molecule has 1 N–H and O–H groups in total. The molecular formula is C11H6F3N3. The summed E-state index contributed by atoms with van der Waals surface area (Å²) >= 11 is 0. The standard InChI is InChI=1S/C11H6F3N3/c1-2-7-4-3-5-15-10(7)8-6-9(17-16-8)11(12,13)14/h1,3-6H,(H,16,17). The summed E-state index contributed by atoms with van der Waals surface area (Å²) in [4.78, 5) is 3.92. The van der Waals surface area contributed by atoms with E-state index in [-0.39, 0.29) is 11.4 Å². The van der Waals surface area contributed by atoms with Crippen molar-refractivity contribution in [3.63, 3.8) is 0 Å². The van der Waals surface area contributed by atoms with Gasteiger partial charge in [0.2, 0.25) is 0 Å². The Morgan fingerprint density at radius 3 is 2.71 bits per heavy atom. The van der Waals surface area contributed by atoms with Crippen LogP contribution in [0.5, 0.6) is 0 Å². The number of nitrogens with zero attached hydrogens (tertiary/aromatic N) is 2. The van der Waals surface area contributed by atoms with Crippen LogP contribution in [0.2, 0.25) is 0 Å². The van der Waals surface area contributed by atoms with Gasteiger partial charge in [0.25, 0.3) is 0 Å². The summed E-state index contributed by atoms with van der Waals surface area (Å²) in [5, 5.41) is 5.47. The number of H-pyrrole nitrogens is 1. The second-order valence-corrected chi connectivity index (χ2v) is 3.21. The van der Waals surface area contributed by atoms with E-state index in [9.17, 15) is 13.2 Å². The van der Waals surface area contributed by atoms with Gasteiger partial charge in [0.05, 0.1) is 5.56 Å². The van der Waals surface area contributed by atoms with Gasteiger partial charge >= 0.3 is 6.18 Å². The Kier molecular flexibility index (Phi) is 2.60. The molecule has 2 heterocycles. The highest BCUT2D eigenvalue weighted by molar-refractivity contribution is 5.63. The Morgan fingerprint density at radius 2 is 2.12 bits per heavy atom. The van der Waals surface area contributed by atoms with E-state index in [2.05, 4.69) is 16.0 Å². The third-order valence-corrected chi connectivity index (χ3v) is 2.09. The molecule has 0 bridgehead atoms. The van der Waals surface area contributed by atoms with Crippen LogP contribution in [0.1, 0.15) is 11.3 Å². The Hall–Kier alpha value is -2.29. The van der Waals surface area contributed by atoms with Crippen LogP contribution in [-0.4, -0.2) is 15.2 Å². The fourth-order valence-corrected chi connectivity index (χ4v) is 1.31. The molecule has 0 aliphatic heterocycles. The van der Waals surface area contributed by atoms with Crippen molar-refractivity contribution in [2.24, 2.45) is 0 Å². The summed E-state index contributed by atoms with van der Waals surface area (Å²) in [5.74, 6) is 2.34. The number of hydrogen-bond acceptors (Lipinski definition) is 2. The molecule has 86 valence electrons. The van der Waals surface area contributed by atoms with Crippen LogP contribution in [0.15, 0.2) is 24.4 Å². The Bertz CT molecular complexity index is 578. The van der Waals surface area contributed by atoms with Crippen molar-refractivity contribution in [3.05, 3.63) is 35.7 Å². The first-order chi connectivity index (χ1) is 8.02. The van der Waals surface area contributed by atoms with E-state index >= 15 is 0 Å². The SMILES string of the molecule is C#Cc1cccnc1-c1cc(C(F)(F)F)[nH]n1. The van der Waals surface area contributed by atoms with Crippen molar-refractivity contribution >= 4 is 0 Å². The normalized spacial score (nSPS) is 11.2. The summed E-state index contributed by atoms with van der Waals surface area (Å²) in [7, 11) is 0. The minimum atomic E-state index is -4.46. The number of aromatic nitrogens is 3. The Labute approximate surface area is 94.7 Å². The molecule has 2 aromatic heterocycles. The van der Waals surface area contributed by atoms with E-state index in [1.54, 1.807) is 12.1 Å². The first-order valence-electron chi connectivity index (χ1n) is 4.57. The largest absolute Gasteiger partial charge is 0.432 e. The number of hydrogen-bond donors (Lipinski definition) is 1. The number of rotatable bonds is 1. The summed E-state index contributed by atoms with van der Waals surface area (Å²) in [6.07, 6.45) is 2.21. The highest BCUT2D eigenvalue weighted by Gasteiger charge is 2.33. The molecule has 0 aromatic carbocycles. The van der Waals surface area contributed by atoms with Gasteiger partial charge in [-0.3, -0.25) is 10.1 Å². The van der Waals surface area contributed by atoms with Crippen LogP contribution in [0, 0.1) is 12.3 Å². The molecule has 0 fully saturated rings. The lowest BCUT2D eigenvalue weighted by molar-refractivity contribution is -0.141. The topological polar surface area (TPSA) is 41.6 Å². The second kappa shape index (κ2) is 3.94. The molecule has 0 radical (unpaired) electrons. The summed E-state index contributed by atoms with van der Waals surface area (Å²) in [6.45, 7) is 0. The van der Waals surface area contributed by atoms with Gasteiger partial charge in [-0.05, 0) is 18.2 Å². The van der Waals surface area contributed by atoms with E-state index in [0.29, 0.717) is 5.56 Å². The zero-order chi connectivity index (χ0) is 12.5. The molecule has 6 heteroatoms. The van der Waals surface area contributed by atoms with Crippen molar-refractivity contribution < 1.29 is 13.2 Å². The van der Waals surface area contributed by atoms with Crippen LogP contribution in [0.25, 0.3) is 11.4 Å². The summed E-state index contributed by atoms with van der Waals surface area (Å²) < 4.78 is 37.1. The average molecular weight is 237 g/mol. The van der Waals surface area contributed by atoms with Crippen LogP contribution < -0.4 is 0 Å². The number of aromatic amines is 1. The maximum Gasteiger partial charge on any atom is 0.432 e. The van der Waals surface area contributed by atoms with Crippen molar-refractivity contribution in [1.82, 2.24) is 15.2 Å². The molecule has 0 aliphatic rings. The number of pyridine rings is 1. The highest BCUT2D eigenvalue weighted by Crippen LogP contribution is 2.30. The van der Waals surface area contributed by atoms with Gasteiger partial charge in [-0.25, -0.2) is 0 Å². The van der Waals surface area contributed by atoms with Crippen LogP contribution in [0.4, 0.5) is 13.2 Å². The minimum absolute atomic E-state index is 0.0749. The van der Waals surface area contributed by atoms with E-state index in [4.69, 9.17) is 6.42 Å². The van der Waals surface area contributed by atoms with Gasteiger partial charge in [0, 0.05) is 6.20 Å². The predicted molar refractivity (Wildman–Crippen MR) is 54.8 cm³/mol. The second-order valence-electron chi connectivity index (χ2n) is 3.21. The van der Waals surface area contributed by atoms with Crippen molar-refractivity contribution in [2.75, 3.05) is 0 Å². The van der Waals surface area contributed by atoms with Gasteiger partial charge < -0.3 is 0 Å². The molecule has 2 rings (SSSR count). The molecule has 0 saturated carbocycles.